The molecule has 2 aliphatic heterocycles. The number of carbonyl (C=O) groups is 3. The third-order valence-corrected chi connectivity index (χ3v) is 7.79. The fourth-order valence-electron chi connectivity index (χ4n) is 5.99. The van der Waals surface area contributed by atoms with Gasteiger partial charge in [-0.2, -0.15) is 0 Å². The lowest BCUT2D eigenvalue weighted by molar-refractivity contribution is -0.150. The SMILES string of the molecule is COC(=O)C1CC(=O)N(C)C12CCN(C(=O)C(c1ccccc1)C1CCCC1)CC2. The molecule has 6 nitrogen and oxygen atoms in total. The molecule has 2 saturated heterocycles. The first-order valence-electron chi connectivity index (χ1n) is 11.2. The van der Waals surface area contributed by atoms with Crippen molar-refractivity contribution < 1.29 is 19.1 Å². The van der Waals surface area contributed by atoms with Gasteiger partial charge in [0.05, 0.1) is 24.5 Å². The molecule has 4 rings (SSSR count). The molecule has 2 atom stereocenters. The van der Waals surface area contributed by atoms with Crippen LogP contribution < -0.4 is 0 Å². The van der Waals surface area contributed by atoms with E-state index in [0.29, 0.717) is 31.8 Å². The number of rotatable bonds is 4. The number of methoxy groups -OCH3 is 1. The van der Waals surface area contributed by atoms with E-state index in [1.165, 1.54) is 20.0 Å². The summed E-state index contributed by atoms with van der Waals surface area (Å²) in [5.74, 6) is -0.281. The molecule has 1 aliphatic carbocycles. The maximum Gasteiger partial charge on any atom is 0.311 e. The topological polar surface area (TPSA) is 66.9 Å². The van der Waals surface area contributed by atoms with E-state index in [1.807, 2.05) is 23.1 Å². The second kappa shape index (κ2) is 8.40. The number of nitrogens with zero attached hydrogens (tertiary/aromatic N) is 2. The van der Waals surface area contributed by atoms with Gasteiger partial charge in [-0.3, -0.25) is 14.4 Å². The lowest BCUT2D eigenvalue weighted by Crippen LogP contribution is -2.57. The average molecular weight is 413 g/mol. The minimum Gasteiger partial charge on any atom is -0.469 e. The van der Waals surface area contributed by atoms with Gasteiger partial charge in [0.15, 0.2) is 0 Å². The summed E-state index contributed by atoms with van der Waals surface area (Å²) in [5.41, 5.74) is 0.576. The smallest absolute Gasteiger partial charge is 0.311 e. The Morgan fingerprint density at radius 1 is 1.10 bits per heavy atom. The minimum atomic E-state index is -0.531. The maximum absolute atomic E-state index is 13.7. The van der Waals surface area contributed by atoms with Gasteiger partial charge in [0.1, 0.15) is 0 Å². The quantitative estimate of drug-likeness (QED) is 0.713. The summed E-state index contributed by atoms with van der Waals surface area (Å²) in [7, 11) is 3.16. The normalized spacial score (nSPS) is 25.0. The summed E-state index contributed by atoms with van der Waals surface area (Å²) in [5, 5.41) is 0. The highest BCUT2D eigenvalue weighted by atomic mass is 16.5. The zero-order valence-electron chi connectivity index (χ0n) is 18.0. The van der Waals surface area contributed by atoms with Crippen molar-refractivity contribution in [2.24, 2.45) is 11.8 Å². The van der Waals surface area contributed by atoms with Crippen molar-refractivity contribution in [2.45, 2.75) is 56.4 Å². The van der Waals surface area contributed by atoms with Crippen LogP contribution in [0.4, 0.5) is 0 Å². The fourth-order valence-corrected chi connectivity index (χ4v) is 5.99. The average Bonchev–Trinajstić information content (AvgIpc) is 3.38. The highest BCUT2D eigenvalue weighted by molar-refractivity contribution is 5.89. The molecule has 1 aromatic carbocycles. The lowest BCUT2D eigenvalue weighted by atomic mass is 9.76. The molecule has 6 heteroatoms. The number of esters is 1. The van der Waals surface area contributed by atoms with Crippen LogP contribution in [0.2, 0.25) is 0 Å². The van der Waals surface area contributed by atoms with E-state index in [-0.39, 0.29) is 30.1 Å². The molecule has 2 unspecified atom stereocenters. The molecular formula is C24H32N2O4. The Hall–Kier alpha value is -2.37. The van der Waals surface area contributed by atoms with Crippen LogP contribution in [0.5, 0.6) is 0 Å². The van der Waals surface area contributed by atoms with Gasteiger partial charge in [-0.05, 0) is 37.2 Å². The summed E-state index contributed by atoms with van der Waals surface area (Å²) in [6, 6.07) is 10.2. The van der Waals surface area contributed by atoms with E-state index in [4.69, 9.17) is 4.74 Å². The number of hydrogen-bond donors (Lipinski definition) is 0. The number of likely N-dealkylation sites (tertiary alicyclic amines) is 2. The first-order valence-corrected chi connectivity index (χ1v) is 11.2. The Bertz CT molecular complexity index is 795. The molecule has 0 N–H and O–H groups in total. The molecule has 1 spiro atoms. The molecule has 2 amide bonds. The Labute approximate surface area is 178 Å². The highest BCUT2D eigenvalue weighted by Crippen LogP contribution is 2.45. The van der Waals surface area contributed by atoms with Crippen LogP contribution in [0.25, 0.3) is 0 Å². The summed E-state index contributed by atoms with van der Waals surface area (Å²) >= 11 is 0. The Balaban J connectivity index is 1.53. The first-order chi connectivity index (χ1) is 14.5. The molecular weight excluding hydrogens is 380 g/mol. The first kappa shape index (κ1) is 20.9. The number of amides is 2. The molecule has 1 saturated carbocycles. The zero-order valence-corrected chi connectivity index (χ0v) is 18.0. The summed E-state index contributed by atoms with van der Waals surface area (Å²) in [6.45, 7) is 1.14. The Kier molecular flexibility index (Phi) is 5.85. The van der Waals surface area contributed by atoms with Crippen LogP contribution in [0, 0.1) is 11.8 Å². The molecule has 162 valence electrons. The molecule has 0 radical (unpaired) electrons. The predicted octanol–water partition coefficient (Wildman–Crippen LogP) is 2.97. The van der Waals surface area contributed by atoms with Crippen LogP contribution in [-0.2, 0) is 19.1 Å². The second-order valence-corrected chi connectivity index (χ2v) is 9.09. The van der Waals surface area contributed by atoms with Gasteiger partial charge in [-0.1, -0.05) is 43.2 Å². The molecule has 3 fully saturated rings. The van der Waals surface area contributed by atoms with Gasteiger partial charge in [0, 0.05) is 26.6 Å². The second-order valence-electron chi connectivity index (χ2n) is 9.09. The Morgan fingerprint density at radius 2 is 1.73 bits per heavy atom. The van der Waals surface area contributed by atoms with E-state index in [2.05, 4.69) is 12.1 Å². The predicted molar refractivity (Wildman–Crippen MR) is 113 cm³/mol. The van der Waals surface area contributed by atoms with Crippen molar-refractivity contribution >= 4 is 17.8 Å². The molecule has 1 aromatic rings. The molecule has 30 heavy (non-hydrogen) atoms. The fraction of sp³-hybridized carbons (Fsp3) is 0.625. The van der Waals surface area contributed by atoms with Crippen molar-refractivity contribution in [1.82, 2.24) is 9.80 Å². The summed E-state index contributed by atoms with van der Waals surface area (Å²) in [4.78, 5) is 42.1. The van der Waals surface area contributed by atoms with Crippen LogP contribution in [0.15, 0.2) is 30.3 Å². The third kappa shape index (κ3) is 3.50. The van der Waals surface area contributed by atoms with E-state index in [0.717, 1.165) is 18.4 Å². The van der Waals surface area contributed by atoms with E-state index >= 15 is 0 Å². The Morgan fingerprint density at radius 3 is 2.33 bits per heavy atom. The van der Waals surface area contributed by atoms with E-state index in [1.54, 1.807) is 11.9 Å². The summed E-state index contributed by atoms with van der Waals surface area (Å²) in [6.07, 6.45) is 6.03. The van der Waals surface area contributed by atoms with Crippen LogP contribution >= 0.6 is 0 Å². The standard InChI is InChI=1S/C24H32N2O4/c1-25-20(27)16-19(23(29)30-2)24(25)12-14-26(15-13-24)22(28)21(18-10-6-7-11-18)17-8-4-3-5-9-17/h3-5,8-9,18-19,21H,6-7,10-16H2,1-2H3. The number of benzene rings is 1. The van der Waals surface area contributed by atoms with Crippen molar-refractivity contribution in [3.05, 3.63) is 35.9 Å². The van der Waals surface area contributed by atoms with Crippen molar-refractivity contribution in [3.8, 4) is 0 Å². The lowest BCUT2D eigenvalue weighted by Gasteiger charge is -2.46. The number of piperidine rings is 1. The van der Waals surface area contributed by atoms with Gasteiger partial charge in [0.2, 0.25) is 11.8 Å². The van der Waals surface area contributed by atoms with Crippen molar-refractivity contribution in [1.29, 1.82) is 0 Å². The maximum atomic E-state index is 13.7. The van der Waals surface area contributed by atoms with E-state index in [9.17, 15) is 14.4 Å². The van der Waals surface area contributed by atoms with Crippen LogP contribution in [-0.4, -0.2) is 60.4 Å². The van der Waals surface area contributed by atoms with Crippen molar-refractivity contribution in [2.75, 3.05) is 27.2 Å². The largest absolute Gasteiger partial charge is 0.469 e. The minimum absolute atomic E-state index is 0.0155. The summed E-state index contributed by atoms with van der Waals surface area (Å²) < 4.78 is 5.00. The number of hydrogen-bond acceptors (Lipinski definition) is 4. The van der Waals surface area contributed by atoms with Gasteiger partial charge in [-0.25, -0.2) is 0 Å². The molecule has 2 heterocycles. The van der Waals surface area contributed by atoms with Gasteiger partial charge >= 0.3 is 5.97 Å². The zero-order chi connectivity index (χ0) is 21.3. The van der Waals surface area contributed by atoms with E-state index < -0.39 is 11.5 Å². The third-order valence-electron chi connectivity index (χ3n) is 7.79. The highest BCUT2D eigenvalue weighted by Gasteiger charge is 2.56. The van der Waals surface area contributed by atoms with Crippen LogP contribution in [0.3, 0.4) is 0 Å². The molecule has 0 aromatic heterocycles. The number of ether oxygens (including phenoxy) is 1. The molecule has 0 bridgehead atoms. The van der Waals surface area contributed by atoms with Gasteiger partial charge < -0.3 is 14.5 Å². The van der Waals surface area contributed by atoms with Crippen LogP contribution in [0.1, 0.15) is 56.4 Å². The molecule has 3 aliphatic rings. The van der Waals surface area contributed by atoms with Gasteiger partial charge in [0.25, 0.3) is 0 Å². The van der Waals surface area contributed by atoms with Crippen molar-refractivity contribution in [3.63, 3.8) is 0 Å². The monoisotopic (exact) mass is 412 g/mol. The number of carbonyl (C=O) groups excluding carboxylic acids is 3. The van der Waals surface area contributed by atoms with Gasteiger partial charge in [-0.15, -0.1) is 0 Å².